The summed E-state index contributed by atoms with van der Waals surface area (Å²) >= 11 is 0. The smallest absolute Gasteiger partial charge is 0.147 e. The largest absolute Gasteiger partial charge is 0.466 e. The van der Waals surface area contributed by atoms with Gasteiger partial charge in [0.05, 0.1) is 6.26 Å². The monoisotopic (exact) mass is 228 g/mol. The molecule has 2 aromatic rings. The minimum absolute atomic E-state index is 0.501. The Balaban J connectivity index is 2.18. The lowest BCUT2D eigenvalue weighted by molar-refractivity contribution is 0.0359. The average molecular weight is 228 g/mol. The minimum atomic E-state index is -0.952. The van der Waals surface area contributed by atoms with Gasteiger partial charge < -0.3 is 9.52 Å². The van der Waals surface area contributed by atoms with Gasteiger partial charge in [-0.3, -0.25) is 0 Å². The Kier molecular flexibility index (Phi) is 2.33. The Labute approximate surface area is 101 Å². The molecule has 0 spiro atoms. The zero-order valence-corrected chi connectivity index (χ0v) is 9.89. The highest BCUT2D eigenvalue weighted by atomic mass is 16.4. The van der Waals surface area contributed by atoms with Gasteiger partial charge in [-0.2, -0.15) is 0 Å². The molecule has 0 saturated heterocycles. The zero-order chi connectivity index (χ0) is 11.9. The summed E-state index contributed by atoms with van der Waals surface area (Å²) in [6.45, 7) is 2.21. The van der Waals surface area contributed by atoms with Gasteiger partial charge in [0.1, 0.15) is 11.4 Å². The normalized spacial score (nSPS) is 27.8. The third kappa shape index (κ3) is 1.52. The highest BCUT2D eigenvalue weighted by Gasteiger charge is 2.40. The summed E-state index contributed by atoms with van der Waals surface area (Å²) in [7, 11) is 0. The van der Waals surface area contributed by atoms with Crippen molar-refractivity contribution in [3.05, 3.63) is 59.5 Å². The molecule has 1 aliphatic carbocycles. The van der Waals surface area contributed by atoms with E-state index in [4.69, 9.17) is 4.42 Å². The van der Waals surface area contributed by atoms with E-state index in [9.17, 15) is 5.11 Å². The number of fused-ring (bicyclic) bond motifs is 1. The van der Waals surface area contributed by atoms with Crippen molar-refractivity contribution >= 4 is 0 Å². The molecule has 3 rings (SSSR count). The van der Waals surface area contributed by atoms with Gasteiger partial charge in [-0.1, -0.05) is 31.2 Å². The lowest BCUT2D eigenvalue weighted by atomic mass is 9.73. The third-order valence-electron chi connectivity index (χ3n) is 3.81. The van der Waals surface area contributed by atoms with Crippen LogP contribution < -0.4 is 0 Å². The Bertz CT molecular complexity index is 515. The lowest BCUT2D eigenvalue weighted by Crippen LogP contribution is -2.32. The maximum atomic E-state index is 10.9. The van der Waals surface area contributed by atoms with Gasteiger partial charge in [0.25, 0.3) is 0 Å². The van der Waals surface area contributed by atoms with Crippen LogP contribution in [-0.2, 0) is 5.60 Å². The van der Waals surface area contributed by atoms with Crippen LogP contribution in [0.5, 0.6) is 0 Å². The molecule has 1 N–H and O–H groups in total. The van der Waals surface area contributed by atoms with Gasteiger partial charge in [0.2, 0.25) is 0 Å². The molecule has 17 heavy (non-hydrogen) atoms. The van der Waals surface area contributed by atoms with Gasteiger partial charge in [-0.15, -0.1) is 0 Å². The summed E-state index contributed by atoms with van der Waals surface area (Å²) < 4.78 is 5.42. The van der Waals surface area contributed by atoms with E-state index in [2.05, 4.69) is 13.0 Å². The second-order valence-electron chi connectivity index (χ2n) is 4.86. The number of hydrogen-bond donors (Lipinski definition) is 1. The number of benzene rings is 1. The summed E-state index contributed by atoms with van der Waals surface area (Å²) in [4.78, 5) is 0. The van der Waals surface area contributed by atoms with Crippen LogP contribution in [0.1, 0.15) is 42.6 Å². The highest BCUT2D eigenvalue weighted by Crippen LogP contribution is 2.44. The Morgan fingerprint density at radius 1 is 1.24 bits per heavy atom. The van der Waals surface area contributed by atoms with Crippen molar-refractivity contribution in [2.75, 3.05) is 0 Å². The molecule has 2 unspecified atom stereocenters. The van der Waals surface area contributed by atoms with Crippen LogP contribution in [0.4, 0.5) is 0 Å². The van der Waals surface area contributed by atoms with Gasteiger partial charge >= 0.3 is 0 Å². The van der Waals surface area contributed by atoms with Gasteiger partial charge in [0, 0.05) is 0 Å². The first-order valence-corrected chi connectivity index (χ1v) is 6.07. The summed E-state index contributed by atoms with van der Waals surface area (Å²) in [5, 5.41) is 10.9. The topological polar surface area (TPSA) is 33.4 Å². The van der Waals surface area contributed by atoms with Crippen molar-refractivity contribution < 1.29 is 9.52 Å². The van der Waals surface area contributed by atoms with Crippen LogP contribution in [-0.4, -0.2) is 5.11 Å². The highest BCUT2D eigenvalue weighted by molar-refractivity contribution is 5.41. The lowest BCUT2D eigenvalue weighted by Gasteiger charge is -2.35. The van der Waals surface area contributed by atoms with E-state index < -0.39 is 5.60 Å². The molecule has 2 nitrogen and oxygen atoms in total. The van der Waals surface area contributed by atoms with Crippen molar-refractivity contribution in [1.29, 1.82) is 0 Å². The Morgan fingerprint density at radius 3 is 2.82 bits per heavy atom. The first kappa shape index (κ1) is 10.6. The number of aliphatic hydroxyl groups is 1. The molecule has 1 aromatic carbocycles. The summed E-state index contributed by atoms with van der Waals surface area (Å²) in [6.07, 6.45) is 3.32. The standard InChI is InChI=1S/C15H16O2/c1-11-8-9-15(16,14-7-4-10-17-14)13-6-3-2-5-12(11)13/h2-7,10-11,16H,8-9H2,1H3. The number of rotatable bonds is 1. The molecule has 2 heteroatoms. The van der Waals surface area contributed by atoms with Crippen LogP contribution in [0.15, 0.2) is 47.1 Å². The second-order valence-corrected chi connectivity index (χ2v) is 4.86. The van der Waals surface area contributed by atoms with Gasteiger partial charge in [0.15, 0.2) is 0 Å². The van der Waals surface area contributed by atoms with Crippen LogP contribution >= 0.6 is 0 Å². The first-order valence-electron chi connectivity index (χ1n) is 6.07. The summed E-state index contributed by atoms with van der Waals surface area (Å²) in [6, 6.07) is 11.8. The van der Waals surface area contributed by atoms with Crippen LogP contribution in [0, 0.1) is 0 Å². The fourth-order valence-corrected chi connectivity index (χ4v) is 2.79. The van der Waals surface area contributed by atoms with E-state index in [-0.39, 0.29) is 0 Å². The molecule has 2 atom stereocenters. The number of furan rings is 1. The van der Waals surface area contributed by atoms with E-state index in [0.717, 1.165) is 18.4 Å². The molecule has 0 saturated carbocycles. The van der Waals surface area contributed by atoms with Crippen molar-refractivity contribution in [3.8, 4) is 0 Å². The van der Waals surface area contributed by atoms with Gasteiger partial charge in [-0.05, 0) is 42.0 Å². The molecular formula is C15H16O2. The quantitative estimate of drug-likeness (QED) is 0.811. The van der Waals surface area contributed by atoms with E-state index in [1.807, 2.05) is 30.3 Å². The maximum absolute atomic E-state index is 10.9. The molecular weight excluding hydrogens is 212 g/mol. The third-order valence-corrected chi connectivity index (χ3v) is 3.81. The number of hydrogen-bond acceptors (Lipinski definition) is 2. The molecule has 0 radical (unpaired) electrons. The van der Waals surface area contributed by atoms with E-state index in [0.29, 0.717) is 11.7 Å². The van der Waals surface area contributed by atoms with Crippen LogP contribution in [0.2, 0.25) is 0 Å². The van der Waals surface area contributed by atoms with Crippen molar-refractivity contribution in [1.82, 2.24) is 0 Å². The zero-order valence-electron chi connectivity index (χ0n) is 9.89. The van der Waals surface area contributed by atoms with E-state index in [1.54, 1.807) is 6.26 Å². The van der Waals surface area contributed by atoms with Crippen LogP contribution in [0.3, 0.4) is 0 Å². The molecule has 0 fully saturated rings. The fraction of sp³-hybridized carbons (Fsp3) is 0.333. The van der Waals surface area contributed by atoms with Crippen LogP contribution in [0.25, 0.3) is 0 Å². The fourth-order valence-electron chi connectivity index (χ4n) is 2.79. The summed E-state index contributed by atoms with van der Waals surface area (Å²) in [5.74, 6) is 1.15. The molecule has 0 aliphatic heterocycles. The predicted molar refractivity (Wildman–Crippen MR) is 65.8 cm³/mol. The Hall–Kier alpha value is -1.54. The van der Waals surface area contributed by atoms with Gasteiger partial charge in [-0.25, -0.2) is 0 Å². The summed E-state index contributed by atoms with van der Waals surface area (Å²) in [5.41, 5.74) is 1.28. The SMILES string of the molecule is CC1CCC(O)(c2ccco2)c2ccccc21. The first-order chi connectivity index (χ1) is 8.22. The molecule has 0 amide bonds. The Morgan fingerprint density at radius 2 is 2.06 bits per heavy atom. The molecule has 0 bridgehead atoms. The van der Waals surface area contributed by atoms with E-state index >= 15 is 0 Å². The second kappa shape index (κ2) is 3.74. The molecule has 1 aliphatic rings. The van der Waals surface area contributed by atoms with E-state index in [1.165, 1.54) is 5.56 Å². The molecule has 88 valence electrons. The van der Waals surface area contributed by atoms with Crippen molar-refractivity contribution in [3.63, 3.8) is 0 Å². The molecule has 1 aromatic heterocycles. The minimum Gasteiger partial charge on any atom is -0.466 e. The predicted octanol–water partition coefficient (Wildman–Crippen LogP) is 3.41. The average Bonchev–Trinajstić information content (AvgIpc) is 2.89. The maximum Gasteiger partial charge on any atom is 0.147 e. The van der Waals surface area contributed by atoms with Crippen molar-refractivity contribution in [2.24, 2.45) is 0 Å². The van der Waals surface area contributed by atoms with Crippen molar-refractivity contribution in [2.45, 2.75) is 31.3 Å². The molecule has 1 heterocycles.